The summed E-state index contributed by atoms with van der Waals surface area (Å²) in [7, 11) is 1.61. The van der Waals surface area contributed by atoms with Crippen LogP contribution in [0.4, 0.5) is 5.82 Å². The molecule has 1 aromatic carbocycles. The van der Waals surface area contributed by atoms with E-state index in [2.05, 4.69) is 10.6 Å². The van der Waals surface area contributed by atoms with Gasteiger partial charge in [-0.15, -0.1) is 11.8 Å². The van der Waals surface area contributed by atoms with Gasteiger partial charge in [0.05, 0.1) is 23.9 Å². The molecule has 2 aromatic rings. The summed E-state index contributed by atoms with van der Waals surface area (Å²) in [6.45, 7) is 1.54. The number of anilines is 1. The smallest absolute Gasteiger partial charge is 0.166 e. The number of ether oxygens (including phenoxy) is 2. The van der Waals surface area contributed by atoms with Crippen molar-refractivity contribution in [2.24, 2.45) is 4.99 Å². The number of fused-ring (bicyclic) bond motifs is 1. The van der Waals surface area contributed by atoms with E-state index in [0.29, 0.717) is 17.3 Å². The number of methoxy groups -OCH3 is 1. The molecule has 1 saturated heterocycles. The van der Waals surface area contributed by atoms with E-state index in [0.717, 1.165) is 47.1 Å². The third-order valence-electron chi connectivity index (χ3n) is 4.85. The average molecular weight is 419 g/mol. The third kappa shape index (κ3) is 3.92. The second-order valence-corrected chi connectivity index (χ2v) is 7.96. The van der Waals surface area contributed by atoms with Gasteiger partial charge >= 0.3 is 0 Å². The Morgan fingerprint density at radius 1 is 1.43 bits per heavy atom. The van der Waals surface area contributed by atoms with E-state index in [-0.39, 0.29) is 11.6 Å². The molecule has 6 nitrogen and oxygen atoms in total. The molecule has 2 aliphatic heterocycles. The van der Waals surface area contributed by atoms with Crippen molar-refractivity contribution in [2.45, 2.75) is 24.4 Å². The zero-order chi connectivity index (χ0) is 19.5. The van der Waals surface area contributed by atoms with Gasteiger partial charge in [-0.25, -0.2) is 9.98 Å². The molecule has 0 aliphatic carbocycles. The minimum Gasteiger partial charge on any atom is -0.495 e. The van der Waals surface area contributed by atoms with Gasteiger partial charge in [-0.2, -0.15) is 0 Å². The van der Waals surface area contributed by atoms with Gasteiger partial charge in [0.2, 0.25) is 0 Å². The van der Waals surface area contributed by atoms with Gasteiger partial charge in [0.25, 0.3) is 0 Å². The Bertz CT molecular complexity index is 979. The number of benzene rings is 1. The van der Waals surface area contributed by atoms with Crippen LogP contribution in [0.5, 0.6) is 5.75 Å². The van der Waals surface area contributed by atoms with E-state index in [1.54, 1.807) is 18.9 Å². The van der Waals surface area contributed by atoms with E-state index in [1.165, 1.54) is 0 Å². The first kappa shape index (κ1) is 19.4. The van der Waals surface area contributed by atoms with E-state index in [4.69, 9.17) is 31.1 Å². The minimum absolute atomic E-state index is 0.0242. The highest BCUT2D eigenvalue weighted by atomic mass is 35.5. The number of hydrogen-bond acceptors (Lipinski definition) is 7. The Hall–Kier alpha value is -1.96. The number of rotatable bonds is 6. The van der Waals surface area contributed by atoms with E-state index in [1.807, 2.05) is 36.7 Å². The van der Waals surface area contributed by atoms with Gasteiger partial charge in [-0.1, -0.05) is 23.7 Å². The fourth-order valence-electron chi connectivity index (χ4n) is 3.38. The van der Waals surface area contributed by atoms with Crippen molar-refractivity contribution in [1.29, 1.82) is 0 Å². The van der Waals surface area contributed by atoms with E-state index >= 15 is 0 Å². The first-order valence-electron chi connectivity index (χ1n) is 9.26. The molecule has 3 heterocycles. The van der Waals surface area contributed by atoms with Crippen LogP contribution >= 0.6 is 23.4 Å². The number of halogens is 1. The molecule has 1 fully saturated rings. The van der Waals surface area contributed by atoms with Crippen LogP contribution < -0.4 is 25.9 Å². The molecule has 1 aromatic heterocycles. The molecule has 28 heavy (non-hydrogen) atoms. The number of pyridine rings is 1. The maximum absolute atomic E-state index is 6.55. The molecule has 8 heteroatoms. The Kier molecular flexibility index (Phi) is 5.94. The monoisotopic (exact) mass is 418 g/mol. The second-order valence-electron chi connectivity index (χ2n) is 6.66. The molecule has 2 aliphatic rings. The Balaban J connectivity index is 1.78. The zero-order valence-corrected chi connectivity index (χ0v) is 17.4. The minimum atomic E-state index is -0.0242. The summed E-state index contributed by atoms with van der Waals surface area (Å²) in [5.74, 6) is 1.38. The Morgan fingerprint density at radius 2 is 2.32 bits per heavy atom. The summed E-state index contributed by atoms with van der Waals surface area (Å²) in [5, 5.41) is 9.14. The molecule has 0 amide bonds. The molecule has 0 radical (unpaired) electrons. The maximum Gasteiger partial charge on any atom is 0.166 e. The van der Waals surface area contributed by atoms with Crippen LogP contribution in [0.3, 0.4) is 0 Å². The highest BCUT2D eigenvalue weighted by Crippen LogP contribution is 2.34. The molecule has 2 N–H and O–H groups in total. The van der Waals surface area contributed by atoms with Crippen LogP contribution in [-0.4, -0.2) is 43.1 Å². The molecular formula is C20H23ClN4O2S. The molecule has 2 unspecified atom stereocenters. The second kappa shape index (κ2) is 8.59. The lowest BCUT2D eigenvalue weighted by Crippen LogP contribution is -2.40. The van der Waals surface area contributed by atoms with Gasteiger partial charge in [-0.3, -0.25) is 0 Å². The standard InChI is InChI=1S/C20H23ClN4O2S/c1-26-16-7-3-6-14(17(16)21)15-9-12-10-23-20(28-2)25-18(12)19(24-15)22-11-13-5-4-8-27-13/h3,6-7,9-10,13,20,23H,4-5,8,11H2,1-2H3,(H,22,24). The van der Waals surface area contributed by atoms with Crippen LogP contribution in [0.1, 0.15) is 12.8 Å². The van der Waals surface area contributed by atoms with E-state index in [9.17, 15) is 0 Å². The average Bonchev–Trinajstić information content (AvgIpc) is 3.25. The largest absolute Gasteiger partial charge is 0.495 e. The fourth-order valence-corrected chi connectivity index (χ4v) is 4.10. The number of thioether (sulfide) groups is 1. The summed E-state index contributed by atoms with van der Waals surface area (Å²) in [6, 6.07) is 7.70. The SMILES string of the molecule is COc1cccc(-c2cc3c(c(NCC4CCCO4)n2)=NC(SC)NC=3)c1Cl. The predicted molar refractivity (Wildman–Crippen MR) is 114 cm³/mol. The van der Waals surface area contributed by atoms with Crippen molar-refractivity contribution in [3.8, 4) is 17.0 Å². The number of nitrogens with zero attached hydrogens (tertiary/aromatic N) is 2. The molecule has 0 bridgehead atoms. The number of aromatic nitrogens is 1. The predicted octanol–water partition coefficient (Wildman–Crippen LogP) is 2.61. The molecule has 148 valence electrons. The maximum atomic E-state index is 6.55. The first-order valence-corrected chi connectivity index (χ1v) is 10.9. The third-order valence-corrected chi connectivity index (χ3v) is 5.93. The lowest BCUT2D eigenvalue weighted by Gasteiger charge is -2.18. The van der Waals surface area contributed by atoms with Crippen molar-refractivity contribution in [3.05, 3.63) is 39.9 Å². The number of nitrogens with one attached hydrogen (secondary N) is 2. The lowest BCUT2D eigenvalue weighted by atomic mass is 10.1. The topological polar surface area (TPSA) is 67.8 Å². The van der Waals surface area contributed by atoms with Gasteiger partial charge in [0.15, 0.2) is 11.3 Å². The molecule has 0 saturated carbocycles. The van der Waals surface area contributed by atoms with Gasteiger partial charge in [0, 0.05) is 30.1 Å². The molecular weight excluding hydrogens is 396 g/mol. The Morgan fingerprint density at radius 3 is 3.07 bits per heavy atom. The molecule has 4 rings (SSSR count). The summed E-state index contributed by atoms with van der Waals surface area (Å²) < 4.78 is 11.1. The molecule has 0 spiro atoms. The van der Waals surface area contributed by atoms with Gasteiger partial charge in [-0.05, 0) is 31.2 Å². The van der Waals surface area contributed by atoms with Crippen molar-refractivity contribution < 1.29 is 9.47 Å². The van der Waals surface area contributed by atoms with Crippen molar-refractivity contribution in [2.75, 3.05) is 31.8 Å². The number of hydrogen-bond donors (Lipinski definition) is 2. The van der Waals surface area contributed by atoms with Crippen molar-refractivity contribution in [1.82, 2.24) is 10.3 Å². The van der Waals surface area contributed by atoms with Gasteiger partial charge < -0.3 is 20.1 Å². The van der Waals surface area contributed by atoms with Crippen LogP contribution in [0.2, 0.25) is 5.02 Å². The van der Waals surface area contributed by atoms with Crippen molar-refractivity contribution >= 4 is 35.4 Å². The summed E-state index contributed by atoms with van der Waals surface area (Å²) in [5.41, 5.74) is 1.57. The lowest BCUT2D eigenvalue weighted by molar-refractivity contribution is 0.120. The highest BCUT2D eigenvalue weighted by molar-refractivity contribution is 7.99. The summed E-state index contributed by atoms with van der Waals surface area (Å²) in [6.07, 6.45) is 6.39. The quantitative estimate of drug-likeness (QED) is 0.751. The zero-order valence-electron chi connectivity index (χ0n) is 15.9. The molecule has 2 atom stereocenters. The van der Waals surface area contributed by atoms with Gasteiger partial charge in [0.1, 0.15) is 11.1 Å². The summed E-state index contributed by atoms with van der Waals surface area (Å²) >= 11 is 8.19. The fraction of sp³-hybridized carbons (Fsp3) is 0.400. The first-order chi connectivity index (χ1) is 13.7. The van der Waals surface area contributed by atoms with Crippen molar-refractivity contribution in [3.63, 3.8) is 0 Å². The van der Waals surface area contributed by atoms with Crippen LogP contribution in [0.25, 0.3) is 17.5 Å². The van der Waals surface area contributed by atoms with E-state index < -0.39 is 0 Å². The Labute approximate surface area is 173 Å². The summed E-state index contributed by atoms with van der Waals surface area (Å²) in [4.78, 5) is 9.66. The van der Waals surface area contributed by atoms with Crippen LogP contribution in [0, 0.1) is 0 Å². The highest BCUT2D eigenvalue weighted by Gasteiger charge is 2.18. The van der Waals surface area contributed by atoms with Crippen LogP contribution in [0.15, 0.2) is 29.3 Å². The van der Waals surface area contributed by atoms with Crippen LogP contribution in [-0.2, 0) is 4.74 Å². The normalized spacial score (nSPS) is 20.5.